The highest BCUT2D eigenvalue weighted by Gasteiger charge is 2.34. The van der Waals surface area contributed by atoms with Crippen LogP contribution in [0.25, 0.3) is 0 Å². The largest absolute Gasteiger partial charge is 0.493 e. The number of methoxy groups -OCH3 is 2. The summed E-state index contributed by atoms with van der Waals surface area (Å²) in [5.74, 6) is 0.589. The lowest BCUT2D eigenvalue weighted by molar-refractivity contribution is -0.121. The third-order valence-corrected chi connectivity index (χ3v) is 7.14. The molecule has 0 saturated carbocycles. The molecule has 34 heavy (non-hydrogen) atoms. The monoisotopic (exact) mass is 499 g/mol. The molecule has 1 N–H and O–H groups in total. The first-order chi connectivity index (χ1) is 16.3. The molecule has 1 amide bonds. The second-order valence-electron chi connectivity index (χ2n) is 7.41. The Kier molecular flexibility index (Phi) is 6.76. The minimum Gasteiger partial charge on any atom is -0.493 e. The van der Waals surface area contributed by atoms with Gasteiger partial charge in [0.1, 0.15) is 12.3 Å². The molecule has 0 bridgehead atoms. The van der Waals surface area contributed by atoms with Crippen molar-refractivity contribution in [2.45, 2.75) is 11.4 Å². The fraction of sp³-hybridized carbons (Fsp3) is 0.167. The van der Waals surface area contributed by atoms with Crippen molar-refractivity contribution < 1.29 is 22.7 Å². The second kappa shape index (κ2) is 9.74. The van der Waals surface area contributed by atoms with Gasteiger partial charge in [-0.05, 0) is 35.9 Å². The lowest BCUT2D eigenvalue weighted by atomic mass is 10.0. The van der Waals surface area contributed by atoms with E-state index in [0.717, 1.165) is 9.98 Å². The molecule has 0 atom stereocenters. The Hall–Kier alpha value is -3.56. The molecule has 0 fully saturated rings. The van der Waals surface area contributed by atoms with Crippen LogP contribution in [0.15, 0.2) is 76.7 Å². The second-order valence-corrected chi connectivity index (χ2v) is 9.65. The van der Waals surface area contributed by atoms with Crippen molar-refractivity contribution in [3.8, 4) is 11.5 Å². The molecule has 176 valence electrons. The van der Waals surface area contributed by atoms with Crippen molar-refractivity contribution in [1.29, 1.82) is 0 Å². The summed E-state index contributed by atoms with van der Waals surface area (Å²) < 4.78 is 37.7. The highest BCUT2D eigenvalue weighted by Crippen LogP contribution is 2.31. The highest BCUT2D eigenvalue weighted by molar-refractivity contribution is 7.89. The highest BCUT2D eigenvalue weighted by atomic mass is 35.5. The van der Waals surface area contributed by atoms with E-state index in [-0.39, 0.29) is 11.4 Å². The Morgan fingerprint density at radius 3 is 2.44 bits per heavy atom. The summed E-state index contributed by atoms with van der Waals surface area (Å²) in [6, 6.07) is 18.9. The summed E-state index contributed by atoms with van der Waals surface area (Å²) in [5, 5.41) is 7.45. The lowest BCUT2D eigenvalue weighted by Crippen LogP contribution is -2.40. The molecule has 0 aliphatic carbocycles. The number of nitrogens with one attached hydrogen (secondary N) is 1. The van der Waals surface area contributed by atoms with Gasteiger partial charge in [-0.3, -0.25) is 4.79 Å². The maximum absolute atomic E-state index is 13.2. The van der Waals surface area contributed by atoms with Crippen LogP contribution in [0.3, 0.4) is 0 Å². The van der Waals surface area contributed by atoms with Crippen LogP contribution in [-0.4, -0.2) is 45.2 Å². The fourth-order valence-corrected chi connectivity index (χ4v) is 5.09. The Labute approximate surface area is 202 Å². The van der Waals surface area contributed by atoms with Gasteiger partial charge in [0.2, 0.25) is 5.91 Å². The van der Waals surface area contributed by atoms with Gasteiger partial charge in [-0.25, -0.2) is 0 Å². The maximum Gasteiger partial charge on any atom is 0.280 e. The van der Waals surface area contributed by atoms with Gasteiger partial charge in [0, 0.05) is 22.7 Å². The summed E-state index contributed by atoms with van der Waals surface area (Å²) in [5.41, 5.74) is 2.28. The number of hydrogen-bond donors (Lipinski definition) is 1. The number of carbonyl (C=O) groups is 1. The summed E-state index contributed by atoms with van der Waals surface area (Å²) in [4.78, 5) is 12.7. The third-order valence-electron chi connectivity index (χ3n) is 5.23. The van der Waals surface area contributed by atoms with Crippen molar-refractivity contribution in [3.63, 3.8) is 0 Å². The quantitative estimate of drug-likeness (QED) is 0.537. The molecule has 0 unspecified atom stereocenters. The molecule has 1 heterocycles. The normalized spacial score (nSPS) is 14.1. The van der Waals surface area contributed by atoms with Crippen LogP contribution >= 0.6 is 11.6 Å². The number of fused-ring (bicyclic) bond motifs is 1. The van der Waals surface area contributed by atoms with E-state index in [9.17, 15) is 13.2 Å². The van der Waals surface area contributed by atoms with E-state index in [1.165, 1.54) is 26.4 Å². The number of rotatable bonds is 7. The van der Waals surface area contributed by atoms with E-state index in [1.807, 2.05) is 30.3 Å². The predicted octanol–water partition coefficient (Wildman–Crippen LogP) is 3.43. The van der Waals surface area contributed by atoms with Gasteiger partial charge in [0.25, 0.3) is 10.0 Å². The van der Waals surface area contributed by atoms with E-state index < -0.39 is 22.5 Å². The zero-order valence-corrected chi connectivity index (χ0v) is 20.1. The zero-order chi connectivity index (χ0) is 24.3. The van der Waals surface area contributed by atoms with Gasteiger partial charge >= 0.3 is 0 Å². The van der Waals surface area contributed by atoms with Gasteiger partial charge in [0.05, 0.1) is 19.1 Å². The van der Waals surface area contributed by atoms with Crippen molar-refractivity contribution in [2.24, 2.45) is 5.10 Å². The van der Waals surface area contributed by atoms with Gasteiger partial charge in [-0.2, -0.15) is 17.9 Å². The van der Waals surface area contributed by atoms with Crippen LogP contribution in [-0.2, 0) is 21.4 Å². The van der Waals surface area contributed by atoms with E-state index in [4.69, 9.17) is 21.1 Å². The third kappa shape index (κ3) is 4.71. The molecule has 0 aromatic heterocycles. The number of hydrogen-bond acceptors (Lipinski definition) is 6. The van der Waals surface area contributed by atoms with Crippen LogP contribution in [0.2, 0.25) is 5.02 Å². The van der Waals surface area contributed by atoms with Gasteiger partial charge in [-0.15, -0.1) is 0 Å². The van der Waals surface area contributed by atoms with Gasteiger partial charge in [0.15, 0.2) is 11.5 Å². The minimum atomic E-state index is -4.05. The van der Waals surface area contributed by atoms with Gasteiger partial charge in [-0.1, -0.05) is 48.0 Å². The summed E-state index contributed by atoms with van der Waals surface area (Å²) in [6.07, 6.45) is 0. The van der Waals surface area contributed by atoms with Crippen molar-refractivity contribution >= 4 is 33.2 Å². The molecule has 1 aliphatic heterocycles. The summed E-state index contributed by atoms with van der Waals surface area (Å²) >= 11 is 6.14. The Morgan fingerprint density at radius 1 is 1.00 bits per heavy atom. The first kappa shape index (κ1) is 23.6. The molecule has 0 spiro atoms. The van der Waals surface area contributed by atoms with Crippen molar-refractivity contribution in [1.82, 2.24) is 9.73 Å². The summed E-state index contributed by atoms with van der Waals surface area (Å²) in [7, 11) is -0.989. The number of halogens is 1. The first-order valence-electron chi connectivity index (χ1n) is 10.3. The Morgan fingerprint density at radius 2 is 1.74 bits per heavy atom. The molecule has 3 aromatic carbocycles. The molecule has 0 radical (unpaired) electrons. The maximum atomic E-state index is 13.2. The number of amides is 1. The number of ether oxygens (including phenoxy) is 2. The van der Waals surface area contributed by atoms with Crippen LogP contribution in [0, 0.1) is 0 Å². The van der Waals surface area contributed by atoms with Crippen LogP contribution in [0.5, 0.6) is 11.5 Å². The number of benzene rings is 3. The topological polar surface area (TPSA) is 97.3 Å². The molecule has 8 nitrogen and oxygen atoms in total. The molecule has 10 heteroatoms. The Bertz CT molecular complexity index is 1360. The van der Waals surface area contributed by atoms with Crippen LogP contribution < -0.4 is 14.8 Å². The summed E-state index contributed by atoms with van der Waals surface area (Å²) in [6.45, 7) is -0.303. The van der Waals surface area contributed by atoms with E-state index in [0.29, 0.717) is 33.4 Å². The van der Waals surface area contributed by atoms with Crippen LogP contribution in [0.1, 0.15) is 16.7 Å². The van der Waals surface area contributed by atoms with Crippen LogP contribution in [0.4, 0.5) is 0 Å². The molecular weight excluding hydrogens is 478 g/mol. The van der Waals surface area contributed by atoms with Gasteiger partial charge < -0.3 is 14.8 Å². The average Bonchev–Trinajstić information content (AvgIpc) is 2.84. The van der Waals surface area contributed by atoms with Crippen molar-refractivity contribution in [2.75, 3.05) is 20.8 Å². The average molecular weight is 500 g/mol. The fourth-order valence-electron chi connectivity index (χ4n) is 3.54. The number of hydrazone groups is 1. The smallest absolute Gasteiger partial charge is 0.280 e. The van der Waals surface area contributed by atoms with E-state index >= 15 is 0 Å². The molecular formula is C24H22ClN3O5S. The minimum absolute atomic E-state index is 0.0402. The number of nitrogens with zero attached hydrogens (tertiary/aromatic N) is 2. The first-order valence-corrected chi connectivity index (χ1v) is 12.1. The molecule has 3 aromatic rings. The predicted molar refractivity (Wildman–Crippen MR) is 129 cm³/mol. The van der Waals surface area contributed by atoms with Crippen molar-refractivity contribution in [3.05, 3.63) is 88.4 Å². The van der Waals surface area contributed by atoms with E-state index in [1.54, 1.807) is 24.3 Å². The zero-order valence-electron chi connectivity index (χ0n) is 18.5. The molecule has 0 saturated heterocycles. The molecule has 4 rings (SSSR count). The number of sulfonamides is 1. The SMILES string of the molecule is COc1ccc(CNC(=O)CN2N=C(c3ccccc3)c3cc(Cl)ccc3S2(=O)=O)cc1OC. The number of carbonyl (C=O) groups excluding carboxylic acids is 1. The molecule has 1 aliphatic rings. The Balaban J connectivity index is 1.58. The van der Waals surface area contributed by atoms with E-state index in [2.05, 4.69) is 10.4 Å². The lowest BCUT2D eigenvalue weighted by Gasteiger charge is -2.27. The standard InChI is InChI=1S/C24H22ClN3O5S/c1-32-20-10-8-16(12-21(20)33-2)14-26-23(29)15-28-27-24(17-6-4-3-5-7-17)19-13-18(25)9-11-22(19)34(28,30)31/h3-13H,14-15H2,1-2H3,(H,26,29).